The summed E-state index contributed by atoms with van der Waals surface area (Å²) < 4.78 is 7.10. The third kappa shape index (κ3) is 3.54. The average molecular weight is 276 g/mol. The van der Waals surface area contributed by atoms with Gasteiger partial charge in [0.25, 0.3) is 0 Å². The molecule has 0 unspecified atom stereocenters. The molecule has 0 aliphatic rings. The van der Waals surface area contributed by atoms with E-state index in [4.69, 9.17) is 4.74 Å². The largest absolute Gasteiger partial charge is 0.496 e. The lowest BCUT2D eigenvalue weighted by Crippen LogP contribution is -2.12. The maximum absolute atomic E-state index is 11.8. The van der Waals surface area contributed by atoms with Gasteiger partial charge >= 0.3 is 0 Å². The van der Waals surface area contributed by atoms with Crippen molar-refractivity contribution in [2.75, 3.05) is 7.11 Å². The van der Waals surface area contributed by atoms with Gasteiger partial charge in [-0.25, -0.2) is 0 Å². The Kier molecular flexibility index (Phi) is 4.52. The highest BCUT2D eigenvalue weighted by Crippen LogP contribution is 2.18. The summed E-state index contributed by atoms with van der Waals surface area (Å²) in [6.45, 7) is 0. The minimum atomic E-state index is -0.107. The first-order chi connectivity index (χ1) is 9.20. The Labute approximate surface area is 116 Å². The molecule has 0 aliphatic heterocycles. The van der Waals surface area contributed by atoms with Crippen LogP contribution in [0.25, 0.3) is 0 Å². The number of hydrogen-bond donors (Lipinski definition) is 0. The normalized spacial score (nSPS) is 11.6. The molecule has 100 valence electrons. The maximum Gasteiger partial charge on any atom is 0.248 e. The number of thiazole rings is 1. The van der Waals surface area contributed by atoms with Crippen LogP contribution in [0.2, 0.25) is 0 Å². The van der Waals surface area contributed by atoms with Gasteiger partial charge in [-0.1, -0.05) is 18.2 Å². The number of methoxy groups -OCH3 is 1. The number of ether oxygens (including phenoxy) is 1. The predicted molar refractivity (Wildman–Crippen MR) is 75.2 cm³/mol. The first kappa shape index (κ1) is 13.5. The SMILES string of the molecule is COc1ccccc1CCC(=O)N=c1sccn1C. The lowest BCUT2D eigenvalue weighted by Gasteiger charge is -2.06. The fourth-order valence-electron chi connectivity index (χ4n) is 1.75. The molecule has 1 aromatic carbocycles. The standard InChI is InChI=1S/C14H16N2O2S/c1-16-9-10-19-14(16)15-13(17)8-7-11-5-3-4-6-12(11)18-2/h3-6,9-10H,7-8H2,1-2H3. The van der Waals surface area contributed by atoms with E-state index in [1.54, 1.807) is 7.11 Å². The molecule has 1 amide bonds. The summed E-state index contributed by atoms with van der Waals surface area (Å²) in [6, 6.07) is 7.73. The summed E-state index contributed by atoms with van der Waals surface area (Å²) in [4.78, 5) is 16.6. The molecule has 19 heavy (non-hydrogen) atoms. The van der Waals surface area contributed by atoms with Gasteiger partial charge in [0.15, 0.2) is 4.80 Å². The monoisotopic (exact) mass is 276 g/mol. The van der Waals surface area contributed by atoms with Gasteiger partial charge in [0, 0.05) is 25.0 Å². The second-order valence-corrected chi connectivity index (χ2v) is 4.99. The van der Waals surface area contributed by atoms with Crippen LogP contribution in [0.15, 0.2) is 40.8 Å². The van der Waals surface area contributed by atoms with Crippen LogP contribution < -0.4 is 9.54 Å². The van der Waals surface area contributed by atoms with Crippen molar-refractivity contribution in [3.63, 3.8) is 0 Å². The molecule has 2 aromatic rings. The third-order valence-electron chi connectivity index (χ3n) is 2.78. The Morgan fingerprint density at radius 1 is 1.42 bits per heavy atom. The van der Waals surface area contributed by atoms with Crippen molar-refractivity contribution in [3.05, 3.63) is 46.2 Å². The summed E-state index contributed by atoms with van der Waals surface area (Å²) in [7, 11) is 3.51. The average Bonchev–Trinajstić information content (AvgIpc) is 2.82. The minimum absolute atomic E-state index is 0.107. The molecule has 1 heterocycles. The summed E-state index contributed by atoms with van der Waals surface area (Å²) in [5, 5.41) is 1.91. The zero-order valence-electron chi connectivity index (χ0n) is 11.0. The van der Waals surface area contributed by atoms with Crippen LogP contribution in [0, 0.1) is 0 Å². The molecule has 0 bridgehead atoms. The number of nitrogens with zero attached hydrogens (tertiary/aromatic N) is 2. The fraction of sp³-hybridized carbons (Fsp3) is 0.286. The highest BCUT2D eigenvalue weighted by molar-refractivity contribution is 7.07. The minimum Gasteiger partial charge on any atom is -0.496 e. The molecule has 0 spiro atoms. The number of benzene rings is 1. The van der Waals surface area contributed by atoms with E-state index in [9.17, 15) is 4.79 Å². The molecule has 0 saturated carbocycles. The Morgan fingerprint density at radius 3 is 2.89 bits per heavy atom. The first-order valence-corrected chi connectivity index (χ1v) is 6.88. The fourth-order valence-corrected chi connectivity index (χ4v) is 2.50. The molecule has 0 N–H and O–H groups in total. The molecule has 4 nitrogen and oxygen atoms in total. The summed E-state index contributed by atoms with van der Waals surface area (Å²) >= 11 is 1.46. The van der Waals surface area contributed by atoms with E-state index in [1.165, 1.54) is 11.3 Å². The zero-order valence-corrected chi connectivity index (χ0v) is 11.8. The lowest BCUT2D eigenvalue weighted by atomic mass is 10.1. The van der Waals surface area contributed by atoms with E-state index in [1.807, 2.05) is 47.5 Å². The van der Waals surface area contributed by atoms with Gasteiger partial charge < -0.3 is 9.30 Å². The smallest absolute Gasteiger partial charge is 0.248 e. The number of aryl methyl sites for hydroxylation is 2. The molecule has 0 aliphatic carbocycles. The van der Waals surface area contributed by atoms with E-state index < -0.39 is 0 Å². The van der Waals surface area contributed by atoms with Crippen LogP contribution in [0.4, 0.5) is 0 Å². The zero-order chi connectivity index (χ0) is 13.7. The third-order valence-corrected chi connectivity index (χ3v) is 3.63. The van der Waals surface area contributed by atoms with Crippen LogP contribution in [0.3, 0.4) is 0 Å². The van der Waals surface area contributed by atoms with Gasteiger partial charge in [0.05, 0.1) is 7.11 Å². The van der Waals surface area contributed by atoms with Gasteiger partial charge in [-0.05, 0) is 18.1 Å². The molecule has 0 saturated heterocycles. The van der Waals surface area contributed by atoms with E-state index in [0.29, 0.717) is 12.8 Å². The van der Waals surface area contributed by atoms with Crippen LogP contribution in [-0.4, -0.2) is 17.6 Å². The van der Waals surface area contributed by atoms with E-state index in [2.05, 4.69) is 4.99 Å². The molecule has 5 heteroatoms. The molecular weight excluding hydrogens is 260 g/mol. The molecule has 2 rings (SSSR count). The van der Waals surface area contributed by atoms with Crippen molar-refractivity contribution >= 4 is 17.2 Å². The van der Waals surface area contributed by atoms with E-state index >= 15 is 0 Å². The Hall–Kier alpha value is -1.88. The van der Waals surface area contributed by atoms with Crippen molar-refractivity contribution < 1.29 is 9.53 Å². The second kappa shape index (κ2) is 6.33. The summed E-state index contributed by atoms with van der Waals surface area (Å²) in [5.41, 5.74) is 1.03. The van der Waals surface area contributed by atoms with Crippen molar-refractivity contribution in [3.8, 4) is 5.75 Å². The number of carbonyl (C=O) groups excluding carboxylic acids is 1. The van der Waals surface area contributed by atoms with Crippen molar-refractivity contribution in [2.45, 2.75) is 12.8 Å². The molecule has 0 atom stereocenters. The number of carbonyl (C=O) groups is 1. The van der Waals surface area contributed by atoms with Crippen molar-refractivity contribution in [2.24, 2.45) is 12.0 Å². The van der Waals surface area contributed by atoms with Crippen molar-refractivity contribution in [1.82, 2.24) is 4.57 Å². The Balaban J connectivity index is 2.03. The first-order valence-electron chi connectivity index (χ1n) is 6.00. The Morgan fingerprint density at radius 2 is 2.21 bits per heavy atom. The summed E-state index contributed by atoms with van der Waals surface area (Å²) in [6.07, 6.45) is 2.91. The van der Waals surface area contributed by atoms with Crippen LogP contribution in [0.1, 0.15) is 12.0 Å². The number of hydrogen-bond acceptors (Lipinski definition) is 3. The number of para-hydroxylation sites is 1. The van der Waals surface area contributed by atoms with Gasteiger partial charge in [-0.15, -0.1) is 11.3 Å². The molecule has 0 radical (unpaired) electrons. The van der Waals surface area contributed by atoms with Crippen molar-refractivity contribution in [1.29, 1.82) is 0 Å². The maximum atomic E-state index is 11.8. The quantitative estimate of drug-likeness (QED) is 0.859. The predicted octanol–water partition coefficient (Wildman–Crippen LogP) is 2.16. The van der Waals surface area contributed by atoms with Gasteiger partial charge in [0.1, 0.15) is 5.75 Å². The highest BCUT2D eigenvalue weighted by Gasteiger charge is 2.05. The van der Waals surface area contributed by atoms with E-state index in [-0.39, 0.29) is 5.91 Å². The summed E-state index contributed by atoms with van der Waals surface area (Å²) in [5.74, 6) is 0.709. The number of rotatable bonds is 4. The Bertz CT molecular complexity index is 628. The van der Waals surface area contributed by atoms with Gasteiger partial charge in [-0.3, -0.25) is 4.79 Å². The molecule has 0 fully saturated rings. The molecular formula is C14H16N2O2S. The second-order valence-electron chi connectivity index (χ2n) is 4.11. The highest BCUT2D eigenvalue weighted by atomic mass is 32.1. The number of amides is 1. The topological polar surface area (TPSA) is 43.6 Å². The van der Waals surface area contributed by atoms with Gasteiger partial charge in [0.2, 0.25) is 5.91 Å². The van der Waals surface area contributed by atoms with Crippen LogP contribution in [0.5, 0.6) is 5.75 Å². The number of aromatic nitrogens is 1. The van der Waals surface area contributed by atoms with Crippen LogP contribution >= 0.6 is 11.3 Å². The van der Waals surface area contributed by atoms with E-state index in [0.717, 1.165) is 16.1 Å². The molecule has 1 aromatic heterocycles. The lowest BCUT2D eigenvalue weighted by molar-refractivity contribution is -0.118. The van der Waals surface area contributed by atoms with Gasteiger partial charge in [-0.2, -0.15) is 4.99 Å². The van der Waals surface area contributed by atoms with Crippen LogP contribution in [-0.2, 0) is 18.3 Å².